The summed E-state index contributed by atoms with van der Waals surface area (Å²) in [7, 11) is 5.04. The summed E-state index contributed by atoms with van der Waals surface area (Å²) in [5.41, 5.74) is 1.41. The Bertz CT molecular complexity index is 300. The third kappa shape index (κ3) is 2.49. The van der Waals surface area contributed by atoms with E-state index in [1.807, 2.05) is 0 Å². The minimum absolute atomic E-state index is 0.106. The van der Waals surface area contributed by atoms with Crippen LogP contribution in [0, 0.1) is 5.41 Å². The average molecular weight is 262 g/mol. The molecule has 0 heterocycles. The Morgan fingerprint density at radius 3 is 1.94 bits per heavy atom. The molecule has 16 heavy (non-hydrogen) atoms. The first-order valence-corrected chi connectivity index (χ1v) is 8.16. The normalized spacial score (nSPS) is 17.4. The molecule has 0 fully saturated rings. The van der Waals surface area contributed by atoms with E-state index < -0.39 is 17.8 Å². The van der Waals surface area contributed by atoms with Crippen molar-refractivity contribution in [2.75, 3.05) is 21.3 Å². The number of rotatable bonds is 4. The molecule has 1 rings (SSSR count). The molecule has 0 N–H and O–H groups in total. The standard InChI is InChI=1S/C9H13.3CH3O.Ti/c1-9(2,3)8-6-4-5-7-8;3*1-2;/h4,6H,5H2,1-3H3;3*1H3;/q;3*-1;+3. The molecule has 0 aromatic carbocycles. The van der Waals surface area contributed by atoms with Crippen LogP contribution in [0.4, 0.5) is 0 Å². The summed E-state index contributed by atoms with van der Waals surface area (Å²) in [6, 6.07) is 0. The molecule has 0 saturated heterocycles. The second kappa shape index (κ2) is 5.15. The van der Waals surface area contributed by atoms with Crippen LogP contribution in [-0.2, 0) is 27.7 Å². The fourth-order valence-electron chi connectivity index (χ4n) is 2.12. The number of hydrogen-bond donors (Lipinski definition) is 0. The van der Waals surface area contributed by atoms with Crippen LogP contribution in [0.25, 0.3) is 0 Å². The molecule has 92 valence electrons. The van der Waals surface area contributed by atoms with E-state index in [0.717, 1.165) is 6.42 Å². The zero-order valence-electron chi connectivity index (χ0n) is 11.1. The van der Waals surface area contributed by atoms with Crippen molar-refractivity contribution in [3.63, 3.8) is 0 Å². The van der Waals surface area contributed by atoms with E-state index in [0.29, 0.717) is 0 Å². The van der Waals surface area contributed by atoms with Crippen LogP contribution >= 0.6 is 0 Å². The van der Waals surface area contributed by atoms with Crippen molar-refractivity contribution >= 4 is 0 Å². The van der Waals surface area contributed by atoms with Crippen molar-refractivity contribution in [2.45, 2.75) is 27.2 Å². The van der Waals surface area contributed by atoms with Gasteiger partial charge in [-0.25, -0.2) is 0 Å². The van der Waals surface area contributed by atoms with Crippen molar-refractivity contribution in [1.82, 2.24) is 0 Å². The van der Waals surface area contributed by atoms with E-state index in [9.17, 15) is 0 Å². The van der Waals surface area contributed by atoms with Gasteiger partial charge in [0.25, 0.3) is 0 Å². The van der Waals surface area contributed by atoms with E-state index in [1.165, 1.54) is 9.45 Å². The molecule has 1 aliphatic rings. The predicted molar refractivity (Wildman–Crippen MR) is 61.3 cm³/mol. The first kappa shape index (κ1) is 14.1. The van der Waals surface area contributed by atoms with Gasteiger partial charge in [0.2, 0.25) is 0 Å². The van der Waals surface area contributed by atoms with Crippen molar-refractivity contribution in [3.8, 4) is 0 Å². The van der Waals surface area contributed by atoms with Crippen molar-refractivity contribution in [3.05, 3.63) is 21.6 Å². The van der Waals surface area contributed by atoms with Crippen LogP contribution < -0.4 is 0 Å². The van der Waals surface area contributed by atoms with Gasteiger partial charge < -0.3 is 0 Å². The Hall–Kier alpha value is 0.0743. The first-order chi connectivity index (χ1) is 7.41. The van der Waals surface area contributed by atoms with Gasteiger partial charge in [-0.05, 0) is 0 Å². The maximum atomic E-state index is 5.59. The van der Waals surface area contributed by atoms with Crippen LogP contribution in [0.15, 0.2) is 21.6 Å². The van der Waals surface area contributed by atoms with E-state index >= 15 is 0 Å². The quantitative estimate of drug-likeness (QED) is 0.729. The molecule has 0 aromatic rings. The summed E-state index contributed by atoms with van der Waals surface area (Å²) in [5, 5.41) is 0. The second-order valence-corrected chi connectivity index (χ2v) is 9.51. The van der Waals surface area contributed by atoms with E-state index in [4.69, 9.17) is 9.96 Å². The van der Waals surface area contributed by atoms with Gasteiger partial charge in [-0.15, -0.1) is 0 Å². The first-order valence-electron chi connectivity index (χ1n) is 5.47. The third-order valence-electron chi connectivity index (χ3n) is 2.92. The van der Waals surface area contributed by atoms with Gasteiger partial charge in [0.15, 0.2) is 0 Å². The Morgan fingerprint density at radius 1 is 1.06 bits per heavy atom. The minimum atomic E-state index is -3.20. The SMILES string of the molecule is C[O][Ti]([O]C)([O]C)[C]1=C(C(C)(C)C)C=CC1. The van der Waals surface area contributed by atoms with Crippen LogP contribution in [0.1, 0.15) is 27.2 Å². The molecule has 0 amide bonds. The van der Waals surface area contributed by atoms with Crippen LogP contribution in [0.3, 0.4) is 0 Å². The van der Waals surface area contributed by atoms with Crippen molar-refractivity contribution in [1.29, 1.82) is 0 Å². The molecule has 0 atom stereocenters. The maximum absolute atomic E-state index is 5.59. The predicted octanol–water partition coefficient (Wildman–Crippen LogP) is 3.08. The summed E-state index contributed by atoms with van der Waals surface area (Å²) >= 11 is -3.20. The number of allylic oxidation sites excluding steroid dienone is 4. The molecular formula is C12H22O3Ti. The molecule has 3 nitrogen and oxygen atoms in total. The van der Waals surface area contributed by atoms with Crippen LogP contribution in [0.2, 0.25) is 0 Å². The monoisotopic (exact) mass is 262 g/mol. The second-order valence-electron chi connectivity index (χ2n) is 4.92. The molecule has 0 radical (unpaired) electrons. The molecule has 0 unspecified atom stereocenters. The number of hydrogen-bond acceptors (Lipinski definition) is 3. The average Bonchev–Trinajstić information content (AvgIpc) is 2.70. The van der Waals surface area contributed by atoms with Gasteiger partial charge in [-0.1, -0.05) is 0 Å². The summed E-state index contributed by atoms with van der Waals surface area (Å²) in [6.45, 7) is 6.60. The molecule has 4 heteroatoms. The zero-order chi connectivity index (χ0) is 12.4. The molecule has 0 saturated carbocycles. The summed E-state index contributed by atoms with van der Waals surface area (Å²) in [4.78, 5) is 0. The van der Waals surface area contributed by atoms with Gasteiger partial charge >= 0.3 is 103 Å². The zero-order valence-corrected chi connectivity index (χ0v) is 12.6. The molecule has 0 aliphatic heterocycles. The van der Waals surface area contributed by atoms with Crippen LogP contribution in [-0.4, -0.2) is 21.3 Å². The summed E-state index contributed by atoms with van der Waals surface area (Å²) in [5.74, 6) is 0. The third-order valence-corrected chi connectivity index (χ3v) is 7.33. The van der Waals surface area contributed by atoms with Gasteiger partial charge in [0.1, 0.15) is 0 Å². The Balaban J connectivity index is 3.20. The van der Waals surface area contributed by atoms with Crippen molar-refractivity contribution < 1.29 is 27.7 Å². The molecule has 0 bridgehead atoms. The topological polar surface area (TPSA) is 27.7 Å². The van der Waals surface area contributed by atoms with Crippen molar-refractivity contribution in [2.24, 2.45) is 5.41 Å². The summed E-state index contributed by atoms with van der Waals surface area (Å²) in [6.07, 6.45) is 5.22. The van der Waals surface area contributed by atoms with Gasteiger partial charge in [0, 0.05) is 0 Å². The van der Waals surface area contributed by atoms with Gasteiger partial charge in [-0.2, -0.15) is 0 Å². The Kier molecular flexibility index (Phi) is 4.55. The Morgan fingerprint density at radius 2 is 1.56 bits per heavy atom. The van der Waals surface area contributed by atoms with Gasteiger partial charge in [-0.3, -0.25) is 0 Å². The fourth-order valence-corrected chi connectivity index (χ4v) is 5.86. The van der Waals surface area contributed by atoms with Gasteiger partial charge in [0.05, 0.1) is 0 Å². The molecule has 0 aromatic heterocycles. The molecule has 0 spiro atoms. The fraction of sp³-hybridized carbons (Fsp3) is 0.667. The molecular weight excluding hydrogens is 240 g/mol. The van der Waals surface area contributed by atoms with E-state index in [1.54, 1.807) is 21.3 Å². The molecule has 1 aliphatic carbocycles. The Labute approximate surface area is 103 Å². The summed E-state index contributed by atoms with van der Waals surface area (Å²) < 4.78 is 18.0. The van der Waals surface area contributed by atoms with E-state index in [2.05, 4.69) is 32.9 Å². The van der Waals surface area contributed by atoms with Crippen LogP contribution in [0.5, 0.6) is 0 Å². The van der Waals surface area contributed by atoms with E-state index in [-0.39, 0.29) is 5.41 Å².